The molecule has 2 aromatic rings. The van der Waals surface area contributed by atoms with Crippen molar-refractivity contribution in [3.05, 3.63) is 44.7 Å². The normalized spacial score (nSPS) is 15.9. The number of likely N-dealkylation sites (tertiary alicyclic amines) is 1. The highest BCUT2D eigenvalue weighted by Gasteiger charge is 2.23. The molecule has 0 aliphatic carbocycles. The van der Waals surface area contributed by atoms with Gasteiger partial charge in [-0.15, -0.1) is 11.3 Å². The average Bonchev–Trinajstić information content (AvgIpc) is 3.00. The van der Waals surface area contributed by atoms with Crippen LogP contribution in [0.15, 0.2) is 34.1 Å². The van der Waals surface area contributed by atoms with Gasteiger partial charge in [-0.25, -0.2) is 0 Å². The van der Waals surface area contributed by atoms with E-state index in [1.165, 1.54) is 0 Å². The smallest absolute Gasteiger partial charge is 0.253 e. The number of nitrogens with zero attached hydrogens (tertiary/aromatic N) is 1. The summed E-state index contributed by atoms with van der Waals surface area (Å²) in [6.45, 7) is 1.46. The summed E-state index contributed by atoms with van der Waals surface area (Å²) in [5.74, 6) is 0.0420. The van der Waals surface area contributed by atoms with Crippen molar-refractivity contribution in [1.82, 2.24) is 4.90 Å². The first-order valence-electron chi connectivity index (χ1n) is 7.44. The van der Waals surface area contributed by atoms with Crippen LogP contribution >= 0.6 is 38.9 Å². The van der Waals surface area contributed by atoms with E-state index in [2.05, 4.69) is 15.9 Å². The van der Waals surface area contributed by atoms with Crippen molar-refractivity contribution in [3.8, 4) is 10.4 Å². The molecule has 6 heteroatoms. The first kappa shape index (κ1) is 17.0. The van der Waals surface area contributed by atoms with Gasteiger partial charge in [0.15, 0.2) is 0 Å². The van der Waals surface area contributed by atoms with Crippen LogP contribution in [0.2, 0.25) is 5.02 Å². The van der Waals surface area contributed by atoms with Gasteiger partial charge < -0.3 is 9.64 Å². The zero-order chi connectivity index (χ0) is 16.4. The number of ether oxygens (including phenoxy) is 1. The average molecular weight is 415 g/mol. The Balaban J connectivity index is 1.76. The van der Waals surface area contributed by atoms with Crippen molar-refractivity contribution >= 4 is 44.8 Å². The molecule has 122 valence electrons. The van der Waals surface area contributed by atoms with Crippen molar-refractivity contribution in [1.29, 1.82) is 0 Å². The van der Waals surface area contributed by atoms with Crippen molar-refractivity contribution in [2.24, 2.45) is 0 Å². The number of rotatable bonds is 3. The van der Waals surface area contributed by atoms with E-state index in [4.69, 9.17) is 16.3 Å². The Morgan fingerprint density at radius 2 is 2.09 bits per heavy atom. The molecule has 0 atom stereocenters. The molecule has 2 heterocycles. The maximum Gasteiger partial charge on any atom is 0.253 e. The van der Waals surface area contributed by atoms with Crippen LogP contribution in [0.4, 0.5) is 0 Å². The van der Waals surface area contributed by atoms with Gasteiger partial charge in [-0.05, 0) is 47.0 Å². The van der Waals surface area contributed by atoms with Crippen LogP contribution in [-0.4, -0.2) is 37.1 Å². The summed E-state index contributed by atoms with van der Waals surface area (Å²) >= 11 is 11.5. The van der Waals surface area contributed by atoms with Crippen molar-refractivity contribution in [3.63, 3.8) is 0 Å². The van der Waals surface area contributed by atoms with E-state index in [9.17, 15) is 4.79 Å². The first-order chi connectivity index (χ1) is 11.1. The minimum Gasteiger partial charge on any atom is -0.381 e. The van der Waals surface area contributed by atoms with E-state index in [0.717, 1.165) is 40.8 Å². The molecule has 1 aliphatic rings. The number of piperidine rings is 1. The summed E-state index contributed by atoms with van der Waals surface area (Å²) in [5.41, 5.74) is 1.60. The molecule has 1 saturated heterocycles. The number of hydrogen-bond acceptors (Lipinski definition) is 3. The van der Waals surface area contributed by atoms with Gasteiger partial charge in [0.05, 0.1) is 11.1 Å². The predicted octanol–water partition coefficient (Wildman–Crippen LogP) is 5.08. The molecule has 0 bridgehead atoms. The SMILES string of the molecule is COC1CCN(C(=O)c2ccc(-c3cc(Br)cs3)c(Cl)c2)CC1. The molecule has 0 N–H and O–H groups in total. The fourth-order valence-corrected chi connectivity index (χ4v) is 4.59. The molecular formula is C17H17BrClNO2S. The largest absolute Gasteiger partial charge is 0.381 e. The molecule has 0 saturated carbocycles. The first-order valence-corrected chi connectivity index (χ1v) is 9.49. The van der Waals surface area contributed by atoms with Crippen molar-refractivity contribution in [2.45, 2.75) is 18.9 Å². The third-order valence-corrected chi connectivity index (χ3v) is 6.15. The quantitative estimate of drug-likeness (QED) is 0.701. The lowest BCUT2D eigenvalue weighted by atomic mass is 10.1. The summed E-state index contributed by atoms with van der Waals surface area (Å²) in [6.07, 6.45) is 2.04. The van der Waals surface area contributed by atoms with Crippen LogP contribution in [0.25, 0.3) is 10.4 Å². The van der Waals surface area contributed by atoms with Crippen LogP contribution < -0.4 is 0 Å². The lowest BCUT2D eigenvalue weighted by Crippen LogP contribution is -2.40. The summed E-state index contributed by atoms with van der Waals surface area (Å²) in [6, 6.07) is 7.59. The second-order valence-corrected chi connectivity index (χ2v) is 7.79. The number of carbonyl (C=O) groups excluding carboxylic acids is 1. The second kappa shape index (κ2) is 7.34. The maximum absolute atomic E-state index is 12.6. The molecule has 0 radical (unpaired) electrons. The van der Waals surface area contributed by atoms with Crippen LogP contribution in [0, 0.1) is 0 Å². The Kier molecular flexibility index (Phi) is 5.42. The zero-order valence-corrected chi connectivity index (χ0v) is 15.9. The Bertz CT molecular complexity index is 710. The minimum atomic E-state index is 0.0420. The van der Waals surface area contributed by atoms with Gasteiger partial charge in [0.25, 0.3) is 5.91 Å². The van der Waals surface area contributed by atoms with Crippen molar-refractivity contribution in [2.75, 3.05) is 20.2 Å². The minimum absolute atomic E-state index is 0.0420. The molecule has 3 nitrogen and oxygen atoms in total. The lowest BCUT2D eigenvalue weighted by Gasteiger charge is -2.31. The van der Waals surface area contributed by atoms with E-state index in [-0.39, 0.29) is 12.0 Å². The number of carbonyl (C=O) groups is 1. The van der Waals surface area contributed by atoms with Gasteiger partial charge >= 0.3 is 0 Å². The number of methoxy groups -OCH3 is 1. The molecule has 1 fully saturated rings. The van der Waals surface area contributed by atoms with Crippen LogP contribution in [-0.2, 0) is 4.74 Å². The van der Waals surface area contributed by atoms with Gasteiger partial charge in [0.2, 0.25) is 0 Å². The van der Waals surface area contributed by atoms with Gasteiger partial charge in [-0.2, -0.15) is 0 Å². The molecule has 1 aromatic carbocycles. The summed E-state index contributed by atoms with van der Waals surface area (Å²) < 4.78 is 6.39. The molecular weight excluding hydrogens is 398 g/mol. The highest BCUT2D eigenvalue weighted by molar-refractivity contribution is 9.10. The predicted molar refractivity (Wildman–Crippen MR) is 98.4 cm³/mol. The molecule has 1 aliphatic heterocycles. The van der Waals surface area contributed by atoms with Crippen LogP contribution in [0.3, 0.4) is 0 Å². The summed E-state index contributed by atoms with van der Waals surface area (Å²) in [7, 11) is 1.73. The zero-order valence-electron chi connectivity index (χ0n) is 12.7. The van der Waals surface area contributed by atoms with Gasteiger partial charge in [-0.1, -0.05) is 17.7 Å². The maximum atomic E-state index is 12.6. The molecule has 0 spiro atoms. The summed E-state index contributed by atoms with van der Waals surface area (Å²) in [5, 5.41) is 2.63. The Labute approximate surface area is 153 Å². The molecule has 23 heavy (non-hydrogen) atoms. The van der Waals surface area contributed by atoms with Crippen LogP contribution in [0.1, 0.15) is 23.2 Å². The van der Waals surface area contributed by atoms with E-state index in [0.29, 0.717) is 10.6 Å². The number of thiophene rings is 1. The Morgan fingerprint density at radius 1 is 1.35 bits per heavy atom. The Morgan fingerprint density at radius 3 is 2.65 bits per heavy atom. The van der Waals surface area contributed by atoms with Gasteiger partial charge in [0.1, 0.15) is 0 Å². The number of benzene rings is 1. The van der Waals surface area contributed by atoms with Gasteiger partial charge in [-0.3, -0.25) is 4.79 Å². The highest BCUT2D eigenvalue weighted by atomic mass is 79.9. The molecule has 1 aromatic heterocycles. The van der Waals surface area contributed by atoms with Crippen LogP contribution in [0.5, 0.6) is 0 Å². The highest BCUT2D eigenvalue weighted by Crippen LogP contribution is 2.35. The Hall–Kier alpha value is -0.880. The number of amides is 1. The fourth-order valence-electron chi connectivity index (χ4n) is 2.78. The molecule has 3 rings (SSSR count). The summed E-state index contributed by atoms with van der Waals surface area (Å²) in [4.78, 5) is 15.6. The lowest BCUT2D eigenvalue weighted by molar-refractivity contribution is 0.0351. The fraction of sp³-hybridized carbons (Fsp3) is 0.353. The second-order valence-electron chi connectivity index (χ2n) is 5.55. The number of hydrogen-bond donors (Lipinski definition) is 0. The van der Waals surface area contributed by atoms with E-state index in [1.807, 2.05) is 28.5 Å². The standard InChI is InChI=1S/C17H17BrClNO2S/c1-22-13-4-6-20(7-5-13)17(21)11-2-3-14(15(19)8-11)16-9-12(18)10-23-16/h2-3,8-10,13H,4-7H2,1H3. The topological polar surface area (TPSA) is 29.5 Å². The molecule has 1 amide bonds. The third-order valence-electron chi connectivity index (χ3n) is 4.11. The monoisotopic (exact) mass is 413 g/mol. The van der Waals surface area contributed by atoms with E-state index >= 15 is 0 Å². The third kappa shape index (κ3) is 3.79. The van der Waals surface area contributed by atoms with Crippen molar-refractivity contribution < 1.29 is 9.53 Å². The molecule has 0 unspecified atom stereocenters. The van der Waals surface area contributed by atoms with E-state index in [1.54, 1.807) is 24.5 Å². The number of halogens is 2. The van der Waals surface area contributed by atoms with E-state index < -0.39 is 0 Å². The van der Waals surface area contributed by atoms with Gasteiger partial charge in [0, 0.05) is 46.1 Å².